The lowest BCUT2D eigenvalue weighted by molar-refractivity contribution is 0.0980. The van der Waals surface area contributed by atoms with Gasteiger partial charge in [-0.2, -0.15) is 5.10 Å². The number of carbonyl (C=O) groups is 1. The van der Waals surface area contributed by atoms with Crippen LogP contribution < -0.4 is 5.73 Å². The Bertz CT molecular complexity index is 796. The topological polar surface area (TPSA) is 71.1 Å². The lowest BCUT2D eigenvalue weighted by atomic mass is 9.99. The Morgan fingerprint density at radius 3 is 2.56 bits per heavy atom. The Balaban J connectivity index is 2.34. The van der Waals surface area contributed by atoms with Gasteiger partial charge in [0.15, 0.2) is 5.78 Å². The van der Waals surface area contributed by atoms with E-state index in [4.69, 9.17) is 5.73 Å². The van der Waals surface area contributed by atoms with Gasteiger partial charge < -0.3 is 5.73 Å². The number of halogens is 2. The fourth-order valence-electron chi connectivity index (χ4n) is 2.42. The van der Waals surface area contributed by atoms with Gasteiger partial charge in [-0.3, -0.25) is 9.79 Å². The predicted octanol–water partition coefficient (Wildman–Crippen LogP) is 2.90. The maximum atomic E-state index is 13.8. The lowest BCUT2D eigenvalue weighted by Crippen LogP contribution is -2.42. The van der Waals surface area contributed by atoms with Crippen LogP contribution in [0.15, 0.2) is 52.7 Å². The van der Waals surface area contributed by atoms with E-state index in [0.29, 0.717) is 17.6 Å². The fourth-order valence-corrected chi connectivity index (χ4v) is 2.42. The third-order valence-corrected chi connectivity index (χ3v) is 3.69. The van der Waals surface area contributed by atoms with Gasteiger partial charge in [0.2, 0.25) is 0 Å². The molecule has 0 spiro atoms. The molecule has 0 aromatic heterocycles. The van der Waals surface area contributed by atoms with Crippen LogP contribution in [0.3, 0.4) is 0 Å². The molecule has 132 valence electrons. The molecule has 0 bridgehead atoms. The van der Waals surface area contributed by atoms with Crippen LogP contribution in [-0.2, 0) is 0 Å². The molecule has 0 saturated carbocycles. The molecule has 0 amide bonds. The minimum atomic E-state index is -1.20. The van der Waals surface area contributed by atoms with Gasteiger partial charge in [0.25, 0.3) is 0 Å². The molecule has 1 heterocycles. The molecule has 5 nitrogen and oxygen atoms in total. The van der Waals surface area contributed by atoms with Crippen molar-refractivity contribution >= 4 is 17.3 Å². The molecule has 0 fully saturated rings. The van der Waals surface area contributed by atoms with Crippen molar-refractivity contribution in [3.05, 3.63) is 59.8 Å². The molecule has 1 aromatic carbocycles. The summed E-state index contributed by atoms with van der Waals surface area (Å²) in [7, 11) is 1.63. The summed E-state index contributed by atoms with van der Waals surface area (Å²) in [6.45, 7) is 7.78. The maximum Gasteiger partial charge on any atom is 0.188 e. The number of nitrogens with two attached hydrogens (primary N) is 1. The first kappa shape index (κ1) is 18.7. The van der Waals surface area contributed by atoms with Crippen molar-refractivity contribution in [2.75, 3.05) is 7.05 Å². The van der Waals surface area contributed by atoms with E-state index in [0.717, 1.165) is 12.1 Å². The van der Waals surface area contributed by atoms with Crippen molar-refractivity contribution < 1.29 is 13.6 Å². The van der Waals surface area contributed by atoms with E-state index < -0.39 is 23.5 Å². The molecule has 1 aromatic rings. The average molecular weight is 346 g/mol. The Kier molecular flexibility index (Phi) is 5.58. The summed E-state index contributed by atoms with van der Waals surface area (Å²) in [6.07, 6.45) is 3.21. The van der Waals surface area contributed by atoms with Crippen molar-refractivity contribution in [3.8, 4) is 0 Å². The van der Waals surface area contributed by atoms with Gasteiger partial charge in [-0.25, -0.2) is 13.8 Å². The van der Waals surface area contributed by atoms with Crippen molar-refractivity contribution in [2.24, 2.45) is 21.7 Å². The highest BCUT2D eigenvalue weighted by molar-refractivity contribution is 6.20. The van der Waals surface area contributed by atoms with Crippen LogP contribution in [0, 0.1) is 17.6 Å². The Morgan fingerprint density at radius 2 is 2.00 bits per heavy atom. The zero-order valence-electron chi connectivity index (χ0n) is 14.3. The molecule has 0 saturated heterocycles. The van der Waals surface area contributed by atoms with Crippen molar-refractivity contribution in [2.45, 2.75) is 19.9 Å². The van der Waals surface area contributed by atoms with E-state index in [9.17, 15) is 13.6 Å². The van der Waals surface area contributed by atoms with Crippen LogP contribution in [0.1, 0.15) is 24.2 Å². The summed E-state index contributed by atoms with van der Waals surface area (Å²) >= 11 is 0. The summed E-state index contributed by atoms with van der Waals surface area (Å²) < 4.78 is 26.9. The van der Waals surface area contributed by atoms with Gasteiger partial charge in [0, 0.05) is 19.0 Å². The molecule has 0 radical (unpaired) electrons. The molecule has 1 unspecified atom stereocenters. The molecule has 1 aliphatic rings. The lowest BCUT2D eigenvalue weighted by Gasteiger charge is -2.28. The number of rotatable bonds is 4. The van der Waals surface area contributed by atoms with E-state index in [-0.39, 0.29) is 17.2 Å². The van der Waals surface area contributed by atoms with Crippen LogP contribution in [0.5, 0.6) is 0 Å². The Labute approximate surface area is 145 Å². The van der Waals surface area contributed by atoms with Crippen molar-refractivity contribution in [1.82, 2.24) is 5.01 Å². The molecule has 0 aliphatic carbocycles. The molecule has 2 rings (SSSR count). The summed E-state index contributed by atoms with van der Waals surface area (Å²) in [4.78, 5) is 16.7. The first-order valence-electron chi connectivity index (χ1n) is 7.73. The normalized spacial score (nSPS) is 16.3. The van der Waals surface area contributed by atoms with Crippen molar-refractivity contribution in [1.29, 1.82) is 0 Å². The molecular formula is C18H20F2N4O. The van der Waals surface area contributed by atoms with Crippen LogP contribution in [0.2, 0.25) is 0 Å². The first-order chi connectivity index (χ1) is 11.8. The van der Waals surface area contributed by atoms with Gasteiger partial charge in [0.1, 0.15) is 23.5 Å². The zero-order chi connectivity index (χ0) is 18.7. The largest absolute Gasteiger partial charge is 0.316 e. The average Bonchev–Trinajstić information content (AvgIpc) is 2.55. The van der Waals surface area contributed by atoms with Crippen LogP contribution in [-0.4, -0.2) is 35.4 Å². The number of hydrazone groups is 1. The second-order valence-electron chi connectivity index (χ2n) is 5.86. The number of benzene rings is 1. The number of nitrogens with zero attached hydrogens (tertiary/aromatic N) is 3. The molecule has 1 aliphatic heterocycles. The van der Waals surface area contributed by atoms with E-state index in [1.807, 2.05) is 13.8 Å². The minimum absolute atomic E-state index is 0.0692. The van der Waals surface area contributed by atoms with Gasteiger partial charge in [0.05, 0.1) is 17.0 Å². The fraction of sp³-hybridized carbons (Fsp3) is 0.278. The monoisotopic (exact) mass is 346 g/mol. The van der Waals surface area contributed by atoms with E-state index in [2.05, 4.69) is 16.7 Å². The van der Waals surface area contributed by atoms with E-state index in [1.54, 1.807) is 19.2 Å². The molecule has 25 heavy (non-hydrogen) atoms. The standard InChI is InChI=1S/C18H20F2N4O/c1-10(2)18(22-4)24-11(3)5-8-15(23-24)16(21)17(25)13-7-6-12(19)9-14(13)20/h5-10,16H,3,21H2,1-2,4H3. The smallest absolute Gasteiger partial charge is 0.188 e. The quantitative estimate of drug-likeness (QED) is 0.518. The summed E-state index contributed by atoms with van der Waals surface area (Å²) in [5.74, 6) is -1.69. The minimum Gasteiger partial charge on any atom is -0.316 e. The number of allylic oxidation sites excluding steroid dienone is 1. The number of hydrogen-bond donors (Lipinski definition) is 1. The third kappa shape index (κ3) is 3.88. The van der Waals surface area contributed by atoms with Crippen LogP contribution >= 0.6 is 0 Å². The highest BCUT2D eigenvalue weighted by Crippen LogP contribution is 2.19. The summed E-state index contributed by atoms with van der Waals surface area (Å²) in [6, 6.07) is 1.53. The van der Waals surface area contributed by atoms with Gasteiger partial charge in [-0.05, 0) is 24.3 Å². The van der Waals surface area contributed by atoms with Gasteiger partial charge in [-0.15, -0.1) is 0 Å². The highest BCUT2D eigenvalue weighted by Gasteiger charge is 2.27. The number of Topliss-reactive ketones (excluding diaryl/α,β-unsaturated/α-hetero) is 1. The zero-order valence-corrected chi connectivity index (χ0v) is 14.3. The predicted molar refractivity (Wildman–Crippen MR) is 94.4 cm³/mol. The second-order valence-corrected chi connectivity index (χ2v) is 5.86. The SMILES string of the molecule is C=C1C=CC(C(N)C(=O)c2ccc(F)cc2F)=NN1C(=NC)C(C)C. The summed E-state index contributed by atoms with van der Waals surface area (Å²) in [5, 5.41) is 5.85. The maximum absolute atomic E-state index is 13.8. The summed E-state index contributed by atoms with van der Waals surface area (Å²) in [5.41, 5.74) is 6.50. The van der Waals surface area contributed by atoms with Crippen LogP contribution in [0.25, 0.3) is 0 Å². The highest BCUT2D eigenvalue weighted by atomic mass is 19.1. The molecular weight excluding hydrogens is 326 g/mol. The number of carbonyl (C=O) groups excluding carboxylic acids is 1. The Hall–Kier alpha value is -2.67. The molecule has 2 N–H and O–H groups in total. The molecule has 7 heteroatoms. The van der Waals surface area contributed by atoms with Crippen LogP contribution in [0.4, 0.5) is 8.78 Å². The van der Waals surface area contributed by atoms with Gasteiger partial charge >= 0.3 is 0 Å². The number of hydrogen-bond acceptors (Lipinski definition) is 4. The van der Waals surface area contributed by atoms with Gasteiger partial charge in [-0.1, -0.05) is 20.4 Å². The second kappa shape index (κ2) is 7.48. The van der Waals surface area contributed by atoms with E-state index in [1.165, 1.54) is 5.01 Å². The Morgan fingerprint density at radius 1 is 1.32 bits per heavy atom. The first-order valence-corrected chi connectivity index (χ1v) is 7.73. The number of amidine groups is 1. The van der Waals surface area contributed by atoms with Crippen molar-refractivity contribution in [3.63, 3.8) is 0 Å². The number of ketones is 1. The number of aliphatic imine (C=N–C) groups is 1. The third-order valence-electron chi connectivity index (χ3n) is 3.69. The van der Waals surface area contributed by atoms with E-state index >= 15 is 0 Å². The molecule has 1 atom stereocenters.